The predicted octanol–water partition coefficient (Wildman–Crippen LogP) is 0.797. The van der Waals surface area contributed by atoms with Gasteiger partial charge in [0.2, 0.25) is 29.5 Å². The van der Waals surface area contributed by atoms with E-state index >= 15 is 0 Å². The highest BCUT2D eigenvalue weighted by atomic mass is 16.4. The second kappa shape index (κ2) is 37.9. The average Bonchev–Trinajstić information content (AvgIpc) is 3.40. The second-order valence-electron chi connectivity index (χ2n) is 20.7. The molecule has 0 aliphatic rings. The molecule has 79 heavy (non-hydrogen) atoms. The number of rotatable bonds is 43. The van der Waals surface area contributed by atoms with Crippen molar-refractivity contribution in [2.75, 3.05) is 26.2 Å². The van der Waals surface area contributed by atoms with E-state index in [-0.39, 0.29) is 68.9 Å². The van der Waals surface area contributed by atoms with Gasteiger partial charge in [-0.1, -0.05) is 91.1 Å². The molecule has 0 spiro atoms. The molecule has 444 valence electrons. The maximum Gasteiger partial charge on any atom is 0.305 e. The number of primary amides is 1. The van der Waals surface area contributed by atoms with Gasteiger partial charge in [0, 0.05) is 68.4 Å². The van der Waals surface area contributed by atoms with Crippen LogP contribution in [0.4, 0.5) is 0 Å². The van der Waals surface area contributed by atoms with Crippen LogP contribution in [-0.4, -0.2) is 131 Å². The Morgan fingerprint density at radius 3 is 1.53 bits per heavy atom. The van der Waals surface area contributed by atoms with Crippen molar-refractivity contribution >= 4 is 70.6 Å². The Kier molecular flexibility index (Phi) is 33.7. The first kappa shape index (κ1) is 70.2. The number of guanidine groups is 2. The first-order valence-corrected chi connectivity index (χ1v) is 27.6. The van der Waals surface area contributed by atoms with E-state index in [2.05, 4.69) is 31.3 Å². The lowest BCUT2D eigenvalue weighted by atomic mass is 9.83. The van der Waals surface area contributed by atoms with Crippen LogP contribution in [-0.2, 0) is 54.4 Å². The molecule has 1 rings (SSSR count). The number of aliphatic hydroxyl groups is 1. The molecule has 0 radical (unpaired) electrons. The van der Waals surface area contributed by atoms with E-state index in [1.807, 2.05) is 13.8 Å². The van der Waals surface area contributed by atoms with Crippen molar-refractivity contribution in [3.8, 4) is 0 Å². The monoisotopic (exact) mass is 1110 g/mol. The fourth-order valence-corrected chi connectivity index (χ4v) is 9.00. The van der Waals surface area contributed by atoms with Gasteiger partial charge in [0.1, 0.15) is 6.04 Å². The molecule has 0 heterocycles. The van der Waals surface area contributed by atoms with E-state index in [9.17, 15) is 58.2 Å². The predicted molar refractivity (Wildman–Crippen MR) is 300 cm³/mol. The Bertz CT molecular complexity index is 2200. The van der Waals surface area contributed by atoms with E-state index in [4.69, 9.17) is 34.4 Å². The summed E-state index contributed by atoms with van der Waals surface area (Å²) in [7, 11) is 0. The quantitative estimate of drug-likeness (QED) is 0.0244. The summed E-state index contributed by atoms with van der Waals surface area (Å²) >= 11 is 0. The summed E-state index contributed by atoms with van der Waals surface area (Å²) in [5, 5.41) is 30.8. The second-order valence-corrected chi connectivity index (χ2v) is 20.7. The van der Waals surface area contributed by atoms with Crippen molar-refractivity contribution in [2.24, 2.45) is 85.8 Å². The molecule has 18 N–H and O–H groups in total. The molecule has 0 saturated carbocycles. The van der Waals surface area contributed by atoms with Crippen LogP contribution in [0.1, 0.15) is 143 Å². The number of hydrogen-bond acceptors (Lipinski definition) is 14. The largest absolute Gasteiger partial charge is 0.481 e. The van der Waals surface area contributed by atoms with E-state index in [0.717, 1.165) is 0 Å². The van der Waals surface area contributed by atoms with Gasteiger partial charge in [-0.3, -0.25) is 57.9 Å². The lowest BCUT2D eigenvalue weighted by Crippen LogP contribution is -2.50. The minimum atomic E-state index is -1.66. The third-order valence-corrected chi connectivity index (χ3v) is 14.5. The van der Waals surface area contributed by atoms with E-state index in [1.165, 1.54) is 6.92 Å². The van der Waals surface area contributed by atoms with Crippen molar-refractivity contribution in [1.82, 2.24) is 21.3 Å². The zero-order valence-electron chi connectivity index (χ0n) is 47.2. The molecular formula is C55H92N12O12. The topological polar surface area (TPSA) is 440 Å². The Hall–Kier alpha value is -6.82. The van der Waals surface area contributed by atoms with Gasteiger partial charge in [-0.25, -0.2) is 0 Å². The highest BCUT2D eigenvalue weighted by Crippen LogP contribution is 2.25. The number of carboxylic acids is 1. The SMILES string of the molecule is CC[C@@H](CCCCN)C(=O)N[C@@H](CCCN=C(N)N)C(=O)C[C@@H](CCCN=C(N)N)C(=O)N[C@@H](CO)C(=O)C[C@@H](C)C(=O)N[C@@H](CC(=O)O)C(=O)C[C@H](C(=O)N[C@@H](Cc1ccccc1)C(=O)C[C@H](C(N)=O)[C@@H](C)CC)[C@H](C)CC. The summed E-state index contributed by atoms with van der Waals surface area (Å²) in [6.07, 6.45) is 1.51. The molecule has 0 aliphatic heterocycles. The van der Waals surface area contributed by atoms with Gasteiger partial charge >= 0.3 is 5.97 Å². The number of unbranched alkanes of at least 4 members (excludes halogenated alkanes) is 1. The molecule has 0 aliphatic carbocycles. The molecular weight excluding hydrogens is 1020 g/mol. The van der Waals surface area contributed by atoms with E-state index in [1.54, 1.807) is 51.1 Å². The van der Waals surface area contributed by atoms with Crippen LogP contribution in [0.2, 0.25) is 0 Å². The fraction of sp³-hybridized carbons (Fsp3) is 0.673. The molecule has 24 heteroatoms. The fourth-order valence-electron chi connectivity index (χ4n) is 9.00. The summed E-state index contributed by atoms with van der Waals surface area (Å²) in [6, 6.07) is 3.47. The third kappa shape index (κ3) is 27.1. The van der Waals surface area contributed by atoms with Crippen molar-refractivity contribution < 1.29 is 58.2 Å². The zero-order chi connectivity index (χ0) is 59.8. The van der Waals surface area contributed by atoms with Crippen LogP contribution < -0.4 is 55.7 Å². The highest BCUT2D eigenvalue weighted by Gasteiger charge is 2.37. The van der Waals surface area contributed by atoms with E-state index < -0.39 is 145 Å². The maximum atomic E-state index is 14.2. The number of nitrogens with zero attached hydrogens (tertiary/aromatic N) is 2. The minimum Gasteiger partial charge on any atom is -0.481 e. The van der Waals surface area contributed by atoms with Crippen molar-refractivity contribution in [2.45, 2.75) is 168 Å². The van der Waals surface area contributed by atoms with Crippen LogP contribution in [0.25, 0.3) is 0 Å². The first-order valence-electron chi connectivity index (χ1n) is 27.6. The lowest BCUT2D eigenvalue weighted by molar-refractivity contribution is -0.141. The molecule has 0 aromatic heterocycles. The summed E-state index contributed by atoms with van der Waals surface area (Å²) in [5.74, 6) is -13.1. The number of carboxylic acid groups (broad SMARTS) is 1. The summed E-state index contributed by atoms with van der Waals surface area (Å²) in [4.78, 5) is 144. The smallest absolute Gasteiger partial charge is 0.305 e. The van der Waals surface area contributed by atoms with Crippen LogP contribution in [0.15, 0.2) is 40.3 Å². The number of ketones is 4. The number of aliphatic hydroxyl groups excluding tert-OH is 1. The molecule has 1 aromatic carbocycles. The lowest BCUT2D eigenvalue weighted by Gasteiger charge is -2.28. The molecule has 0 bridgehead atoms. The van der Waals surface area contributed by atoms with Crippen LogP contribution in [0, 0.1) is 41.4 Å². The van der Waals surface area contributed by atoms with Crippen LogP contribution in [0.5, 0.6) is 0 Å². The summed E-state index contributed by atoms with van der Waals surface area (Å²) < 4.78 is 0. The van der Waals surface area contributed by atoms with Gasteiger partial charge in [0.15, 0.2) is 35.1 Å². The molecule has 0 saturated heterocycles. The summed E-state index contributed by atoms with van der Waals surface area (Å²) in [5.41, 5.74) is 34.0. The molecule has 0 fully saturated rings. The van der Waals surface area contributed by atoms with Gasteiger partial charge < -0.3 is 65.9 Å². The highest BCUT2D eigenvalue weighted by molar-refractivity contribution is 5.99. The van der Waals surface area contributed by atoms with Crippen molar-refractivity contribution in [3.05, 3.63) is 35.9 Å². The van der Waals surface area contributed by atoms with Gasteiger partial charge in [-0.15, -0.1) is 0 Å². The minimum absolute atomic E-state index is 0.0333. The van der Waals surface area contributed by atoms with Gasteiger partial charge in [-0.2, -0.15) is 0 Å². The van der Waals surface area contributed by atoms with Crippen LogP contribution in [0.3, 0.4) is 0 Å². The number of amides is 5. The van der Waals surface area contributed by atoms with Gasteiger partial charge in [0.25, 0.3) is 0 Å². The molecule has 1 aromatic rings. The molecule has 0 unspecified atom stereocenters. The average molecular weight is 1110 g/mol. The Morgan fingerprint density at radius 1 is 0.519 bits per heavy atom. The number of carbonyl (C=O) groups is 10. The zero-order valence-corrected chi connectivity index (χ0v) is 47.2. The standard InChI is InChI=1S/C55H92N12O12/c1-7-32(4)38(49(57)75)28-46(71)41(26-35-17-11-10-12-18-35)66-53(79)39(33(5)8-2)29-47(72)42(30-48(73)74)65-50(76)34(6)25-44(69)43(31-68)67-52(78)37(20-15-23-62-54(58)59)27-45(70)40(21-16-24-63-55(60)61)64-51(77)36(9-3)19-13-14-22-56/h10-12,17-18,32-34,36-43,68H,7-9,13-16,19-31,56H2,1-6H3,(H2,57,75)(H,64,77)(H,65,76)(H,66,79)(H,67,78)(H,73,74)(H4,58,59,62)(H4,60,61,63)/t32-,33+,34+,36-,37+,38-,39-,40-,41-,42-,43-/m0/s1. The van der Waals surface area contributed by atoms with Crippen molar-refractivity contribution in [3.63, 3.8) is 0 Å². The summed E-state index contributed by atoms with van der Waals surface area (Å²) in [6.45, 7) is 10.1. The Balaban J connectivity index is 3.38. The first-order chi connectivity index (χ1) is 37.3. The number of carbonyl (C=O) groups excluding carboxylic acids is 9. The number of Topliss-reactive ketones (excluding diaryl/α,β-unsaturated/α-hetero) is 4. The van der Waals surface area contributed by atoms with Crippen LogP contribution >= 0.6 is 0 Å². The number of benzene rings is 1. The van der Waals surface area contributed by atoms with E-state index in [0.29, 0.717) is 57.1 Å². The Morgan fingerprint density at radius 2 is 1.00 bits per heavy atom. The number of aliphatic imine (C=N–C) groups is 2. The molecule has 24 nitrogen and oxygen atoms in total. The third-order valence-electron chi connectivity index (χ3n) is 14.5. The normalized spacial score (nSPS) is 15.3. The van der Waals surface area contributed by atoms with Gasteiger partial charge in [0.05, 0.1) is 31.2 Å². The van der Waals surface area contributed by atoms with Gasteiger partial charge in [-0.05, 0) is 75.3 Å². The number of hydrogen-bond donors (Lipinski definition) is 12. The number of nitrogens with two attached hydrogens (primary N) is 6. The number of aliphatic carboxylic acids is 1. The Labute approximate surface area is 465 Å². The van der Waals surface area contributed by atoms with Crippen molar-refractivity contribution in [1.29, 1.82) is 0 Å². The molecule has 5 amide bonds. The molecule has 11 atom stereocenters. The maximum absolute atomic E-state index is 14.2. The number of nitrogens with one attached hydrogen (secondary N) is 4.